The molecule has 0 saturated heterocycles. The van der Waals surface area contributed by atoms with Crippen molar-refractivity contribution in [2.75, 3.05) is 12.4 Å². The van der Waals surface area contributed by atoms with E-state index in [1.807, 2.05) is 6.92 Å². The second kappa shape index (κ2) is 5.96. The van der Waals surface area contributed by atoms with Gasteiger partial charge >= 0.3 is 0 Å². The van der Waals surface area contributed by atoms with Gasteiger partial charge in [0, 0.05) is 17.1 Å². The summed E-state index contributed by atoms with van der Waals surface area (Å²) in [7, 11) is 1.79. The molecular weight excluding hydrogens is 377 g/mol. The lowest BCUT2D eigenvalue weighted by atomic mass is 10.2. The number of nitrogens with one attached hydrogen (secondary N) is 1. The van der Waals surface area contributed by atoms with Gasteiger partial charge in [-0.25, -0.2) is 14.4 Å². The molecule has 6 heteroatoms. The molecule has 19 heavy (non-hydrogen) atoms. The van der Waals surface area contributed by atoms with Crippen LogP contribution < -0.4 is 5.32 Å². The summed E-state index contributed by atoms with van der Waals surface area (Å²) in [6.45, 7) is 2.01. The summed E-state index contributed by atoms with van der Waals surface area (Å²) in [6.07, 6.45) is 0.762. The number of aromatic nitrogens is 2. The zero-order valence-corrected chi connectivity index (χ0v) is 13.6. The van der Waals surface area contributed by atoms with Crippen molar-refractivity contribution in [1.29, 1.82) is 0 Å². The molecule has 1 aromatic carbocycles. The molecule has 100 valence electrons. The van der Waals surface area contributed by atoms with Crippen LogP contribution in [0.1, 0.15) is 12.6 Å². The molecule has 2 aromatic rings. The molecule has 0 unspecified atom stereocenters. The van der Waals surface area contributed by atoms with E-state index in [0.717, 1.165) is 21.1 Å². The first-order valence-corrected chi connectivity index (χ1v) is 7.35. The zero-order chi connectivity index (χ0) is 14.0. The van der Waals surface area contributed by atoms with Crippen molar-refractivity contribution >= 4 is 37.7 Å². The summed E-state index contributed by atoms with van der Waals surface area (Å²) >= 11 is 6.87. The Morgan fingerprint density at radius 1 is 1.26 bits per heavy atom. The van der Waals surface area contributed by atoms with Crippen LogP contribution in [0.3, 0.4) is 0 Å². The smallest absolute Gasteiger partial charge is 0.163 e. The maximum Gasteiger partial charge on any atom is 0.163 e. The Kier molecular flexibility index (Phi) is 4.52. The maximum absolute atomic E-state index is 13.4. The molecule has 0 fully saturated rings. The Morgan fingerprint density at radius 2 is 2.00 bits per heavy atom. The largest absolute Gasteiger partial charge is 0.372 e. The summed E-state index contributed by atoms with van der Waals surface area (Å²) in [5.41, 5.74) is 1.52. The van der Waals surface area contributed by atoms with E-state index in [1.165, 1.54) is 12.1 Å². The van der Waals surface area contributed by atoms with E-state index in [2.05, 4.69) is 47.1 Å². The molecule has 2 rings (SSSR count). The van der Waals surface area contributed by atoms with E-state index in [1.54, 1.807) is 13.1 Å². The Labute approximate surface area is 127 Å². The average molecular weight is 389 g/mol. The molecule has 0 aliphatic carbocycles. The highest BCUT2D eigenvalue weighted by Gasteiger charge is 2.14. The second-order valence-corrected chi connectivity index (χ2v) is 5.53. The molecular formula is C13H12Br2FN3. The highest BCUT2D eigenvalue weighted by Crippen LogP contribution is 2.31. The lowest BCUT2D eigenvalue weighted by molar-refractivity contribution is 0.628. The van der Waals surface area contributed by atoms with Gasteiger partial charge in [-0.05, 0) is 40.5 Å². The van der Waals surface area contributed by atoms with Crippen LogP contribution in [-0.4, -0.2) is 17.0 Å². The number of anilines is 1. The monoisotopic (exact) mass is 387 g/mol. The lowest BCUT2D eigenvalue weighted by Crippen LogP contribution is -2.03. The highest BCUT2D eigenvalue weighted by molar-refractivity contribution is 9.11. The van der Waals surface area contributed by atoms with Gasteiger partial charge in [0.1, 0.15) is 11.6 Å². The molecule has 1 aromatic heterocycles. The van der Waals surface area contributed by atoms with Gasteiger partial charge in [0.2, 0.25) is 0 Å². The van der Waals surface area contributed by atoms with Gasteiger partial charge in [0.25, 0.3) is 0 Å². The second-order valence-electron chi connectivity index (χ2n) is 3.88. The van der Waals surface area contributed by atoms with Crippen molar-refractivity contribution in [2.45, 2.75) is 13.3 Å². The summed E-state index contributed by atoms with van der Waals surface area (Å²) in [5.74, 6) is 0.877. The van der Waals surface area contributed by atoms with Crippen molar-refractivity contribution in [3.05, 3.63) is 38.7 Å². The van der Waals surface area contributed by atoms with E-state index in [9.17, 15) is 4.39 Å². The Bertz CT molecular complexity index is 592. The Morgan fingerprint density at radius 3 is 2.63 bits per heavy atom. The van der Waals surface area contributed by atoms with Crippen LogP contribution >= 0.6 is 31.9 Å². The number of hydrogen-bond donors (Lipinski definition) is 1. The number of halogens is 3. The van der Waals surface area contributed by atoms with Crippen LogP contribution in [0.2, 0.25) is 0 Å². The third kappa shape index (κ3) is 2.95. The first kappa shape index (κ1) is 14.4. The Hall–Kier alpha value is -1.01. The molecule has 0 aliphatic heterocycles. The van der Waals surface area contributed by atoms with Gasteiger partial charge in [-0.3, -0.25) is 0 Å². The van der Waals surface area contributed by atoms with Crippen molar-refractivity contribution in [3.8, 4) is 11.4 Å². The van der Waals surface area contributed by atoms with Crippen LogP contribution in [0.4, 0.5) is 10.2 Å². The number of rotatable bonds is 3. The first-order valence-electron chi connectivity index (χ1n) is 5.76. The predicted octanol–water partition coefficient (Wildman–Crippen LogP) is 4.41. The number of hydrogen-bond acceptors (Lipinski definition) is 3. The standard InChI is InChI=1S/C13H12Br2FN3/c1-3-10-11(15)13(17-2)19-12(18-10)8-6-7(16)4-5-9(8)14/h4-6H,3H2,1-2H3,(H,17,18,19). The number of benzene rings is 1. The van der Waals surface area contributed by atoms with Crippen LogP contribution in [0.5, 0.6) is 0 Å². The third-order valence-electron chi connectivity index (χ3n) is 2.66. The molecule has 1 heterocycles. The molecule has 0 amide bonds. The van der Waals surface area contributed by atoms with Crippen molar-refractivity contribution < 1.29 is 4.39 Å². The first-order chi connectivity index (χ1) is 9.06. The quantitative estimate of drug-likeness (QED) is 0.846. The normalized spacial score (nSPS) is 10.6. The summed E-state index contributed by atoms with van der Waals surface area (Å²) in [6, 6.07) is 4.47. The fourth-order valence-corrected chi connectivity index (χ4v) is 2.76. The summed E-state index contributed by atoms with van der Waals surface area (Å²) < 4.78 is 15.0. The summed E-state index contributed by atoms with van der Waals surface area (Å²) in [5, 5.41) is 3.01. The molecule has 3 nitrogen and oxygen atoms in total. The Balaban J connectivity index is 2.65. The molecule has 0 bridgehead atoms. The van der Waals surface area contributed by atoms with E-state index in [0.29, 0.717) is 17.2 Å². The SMILES string of the molecule is CCc1nc(-c2cc(F)ccc2Br)nc(NC)c1Br. The maximum atomic E-state index is 13.4. The van der Waals surface area contributed by atoms with Gasteiger partial charge < -0.3 is 5.32 Å². The lowest BCUT2D eigenvalue weighted by Gasteiger charge is -2.11. The van der Waals surface area contributed by atoms with Gasteiger partial charge in [0.05, 0.1) is 10.2 Å². The molecule has 0 atom stereocenters. The van der Waals surface area contributed by atoms with E-state index in [-0.39, 0.29) is 5.82 Å². The van der Waals surface area contributed by atoms with Crippen molar-refractivity contribution in [3.63, 3.8) is 0 Å². The molecule has 0 saturated carbocycles. The molecule has 0 aliphatic rings. The average Bonchev–Trinajstić information content (AvgIpc) is 2.42. The number of aryl methyl sites for hydroxylation is 1. The van der Waals surface area contributed by atoms with Crippen LogP contribution in [0.25, 0.3) is 11.4 Å². The van der Waals surface area contributed by atoms with Gasteiger partial charge in [0.15, 0.2) is 5.82 Å². The van der Waals surface area contributed by atoms with Crippen LogP contribution in [0, 0.1) is 5.82 Å². The van der Waals surface area contributed by atoms with Crippen LogP contribution in [-0.2, 0) is 6.42 Å². The minimum atomic E-state index is -0.311. The minimum Gasteiger partial charge on any atom is -0.372 e. The molecule has 0 radical (unpaired) electrons. The fourth-order valence-electron chi connectivity index (χ4n) is 1.68. The molecule has 1 N–H and O–H groups in total. The predicted molar refractivity (Wildman–Crippen MR) is 81.8 cm³/mol. The van der Waals surface area contributed by atoms with Crippen LogP contribution in [0.15, 0.2) is 27.1 Å². The zero-order valence-electron chi connectivity index (χ0n) is 10.5. The highest BCUT2D eigenvalue weighted by atomic mass is 79.9. The fraction of sp³-hybridized carbons (Fsp3) is 0.231. The van der Waals surface area contributed by atoms with Crippen molar-refractivity contribution in [1.82, 2.24) is 9.97 Å². The van der Waals surface area contributed by atoms with E-state index < -0.39 is 0 Å². The van der Waals surface area contributed by atoms with E-state index >= 15 is 0 Å². The minimum absolute atomic E-state index is 0.311. The summed E-state index contributed by atoms with van der Waals surface area (Å²) in [4.78, 5) is 8.88. The number of nitrogens with zero attached hydrogens (tertiary/aromatic N) is 2. The van der Waals surface area contributed by atoms with Crippen molar-refractivity contribution in [2.24, 2.45) is 0 Å². The van der Waals surface area contributed by atoms with E-state index in [4.69, 9.17) is 0 Å². The molecule has 0 spiro atoms. The van der Waals surface area contributed by atoms with Gasteiger partial charge in [-0.2, -0.15) is 0 Å². The van der Waals surface area contributed by atoms with Gasteiger partial charge in [-0.15, -0.1) is 0 Å². The topological polar surface area (TPSA) is 37.8 Å². The third-order valence-corrected chi connectivity index (χ3v) is 4.19. The van der Waals surface area contributed by atoms with Gasteiger partial charge in [-0.1, -0.05) is 22.9 Å².